The number of amides is 1. The van der Waals surface area contributed by atoms with Gasteiger partial charge in [0.25, 0.3) is 5.91 Å². The molecule has 7 nitrogen and oxygen atoms in total. The van der Waals surface area contributed by atoms with E-state index in [4.69, 9.17) is 9.47 Å². The molecule has 3 rings (SSSR count). The third-order valence-electron chi connectivity index (χ3n) is 3.94. The molecule has 0 saturated carbocycles. The van der Waals surface area contributed by atoms with E-state index in [0.717, 1.165) is 23.4 Å². The molecule has 140 valence electrons. The molecular weight excluding hydrogens is 344 g/mol. The van der Waals surface area contributed by atoms with E-state index in [1.54, 1.807) is 29.4 Å². The molecule has 0 aliphatic carbocycles. The molecular formula is C20H22N4O3. The molecule has 27 heavy (non-hydrogen) atoms. The topological polar surface area (TPSA) is 78.3 Å². The van der Waals surface area contributed by atoms with Crippen LogP contribution < -0.4 is 14.8 Å². The number of benzene rings is 2. The van der Waals surface area contributed by atoms with Gasteiger partial charge in [-0.1, -0.05) is 13.0 Å². The second-order valence-corrected chi connectivity index (χ2v) is 5.82. The summed E-state index contributed by atoms with van der Waals surface area (Å²) >= 11 is 0. The first kappa shape index (κ1) is 18.4. The molecule has 3 aromatic rings. The first-order valence-electron chi connectivity index (χ1n) is 8.83. The van der Waals surface area contributed by atoms with E-state index in [-0.39, 0.29) is 12.5 Å². The molecule has 1 N–H and O–H groups in total. The number of aromatic nitrogens is 3. The lowest BCUT2D eigenvalue weighted by atomic mass is 10.1. The number of ether oxygens (including phenoxy) is 2. The van der Waals surface area contributed by atoms with Gasteiger partial charge in [0.1, 0.15) is 24.2 Å². The van der Waals surface area contributed by atoms with E-state index in [2.05, 4.69) is 22.4 Å². The molecule has 0 aliphatic heterocycles. The van der Waals surface area contributed by atoms with Crippen LogP contribution in [-0.2, 0) is 11.2 Å². The molecule has 0 spiro atoms. The van der Waals surface area contributed by atoms with Gasteiger partial charge in [-0.25, -0.2) is 0 Å². The number of carbonyl (C=O) groups excluding carboxylic acids is 1. The predicted octanol–water partition coefficient (Wildman–Crippen LogP) is 3.25. The van der Waals surface area contributed by atoms with E-state index in [1.165, 1.54) is 0 Å². The first-order valence-corrected chi connectivity index (χ1v) is 8.83. The normalized spacial score (nSPS) is 10.4. The van der Waals surface area contributed by atoms with Crippen molar-refractivity contribution >= 4 is 11.6 Å². The van der Waals surface area contributed by atoms with Gasteiger partial charge in [-0.15, -0.1) is 10.2 Å². The van der Waals surface area contributed by atoms with Gasteiger partial charge >= 0.3 is 0 Å². The van der Waals surface area contributed by atoms with Crippen LogP contribution in [0, 0.1) is 0 Å². The molecule has 7 heteroatoms. The van der Waals surface area contributed by atoms with Gasteiger partial charge in [0.05, 0.1) is 12.3 Å². The maximum absolute atomic E-state index is 12.2. The lowest BCUT2D eigenvalue weighted by molar-refractivity contribution is -0.118. The first-order chi connectivity index (χ1) is 13.2. The molecule has 0 fully saturated rings. The number of carbonyl (C=O) groups is 1. The van der Waals surface area contributed by atoms with Gasteiger partial charge in [0, 0.05) is 5.69 Å². The Hall–Kier alpha value is -3.35. The number of anilines is 1. The summed E-state index contributed by atoms with van der Waals surface area (Å²) in [5, 5.41) is 10.5. The standard InChI is InChI=1S/C20H22N4O3/c1-3-15-5-10-19(18(11-15)24-13-21-22-14-24)27-12-20(25)23-16-6-8-17(9-7-16)26-4-2/h5-11,13-14H,3-4,12H2,1-2H3,(H,23,25). The Bertz CT molecular complexity index is 877. The molecule has 1 amide bonds. The number of hydrogen-bond donors (Lipinski definition) is 1. The Labute approximate surface area is 158 Å². The molecule has 0 atom stereocenters. The molecule has 1 aromatic heterocycles. The van der Waals surface area contributed by atoms with E-state index in [9.17, 15) is 4.79 Å². The average molecular weight is 366 g/mol. The summed E-state index contributed by atoms with van der Waals surface area (Å²) in [6.45, 7) is 4.50. The highest BCUT2D eigenvalue weighted by atomic mass is 16.5. The summed E-state index contributed by atoms with van der Waals surface area (Å²) < 4.78 is 12.9. The summed E-state index contributed by atoms with van der Waals surface area (Å²) in [6.07, 6.45) is 4.09. The van der Waals surface area contributed by atoms with E-state index in [1.807, 2.05) is 37.3 Å². The van der Waals surface area contributed by atoms with Crippen molar-refractivity contribution in [3.8, 4) is 17.2 Å². The largest absolute Gasteiger partial charge is 0.494 e. The van der Waals surface area contributed by atoms with Gasteiger partial charge in [0.2, 0.25) is 0 Å². The van der Waals surface area contributed by atoms with Crippen LogP contribution in [0.2, 0.25) is 0 Å². The van der Waals surface area contributed by atoms with Crippen LogP contribution >= 0.6 is 0 Å². The van der Waals surface area contributed by atoms with Crippen LogP contribution in [0.3, 0.4) is 0 Å². The monoisotopic (exact) mass is 366 g/mol. The van der Waals surface area contributed by atoms with Crippen LogP contribution in [0.15, 0.2) is 55.1 Å². The van der Waals surface area contributed by atoms with Gasteiger partial charge < -0.3 is 14.8 Å². The van der Waals surface area contributed by atoms with Crippen LogP contribution in [0.5, 0.6) is 11.5 Å². The van der Waals surface area contributed by atoms with Crippen molar-refractivity contribution in [1.29, 1.82) is 0 Å². The minimum absolute atomic E-state index is 0.103. The van der Waals surface area contributed by atoms with Crippen LogP contribution in [0.4, 0.5) is 5.69 Å². The van der Waals surface area contributed by atoms with Crippen LogP contribution in [0.25, 0.3) is 5.69 Å². The predicted molar refractivity (Wildman–Crippen MR) is 102 cm³/mol. The van der Waals surface area contributed by atoms with Crippen molar-refractivity contribution in [3.05, 3.63) is 60.7 Å². The molecule has 2 aromatic carbocycles. The summed E-state index contributed by atoms with van der Waals surface area (Å²) in [7, 11) is 0. The lowest BCUT2D eigenvalue weighted by Gasteiger charge is -2.13. The second kappa shape index (κ2) is 8.84. The number of hydrogen-bond acceptors (Lipinski definition) is 5. The maximum atomic E-state index is 12.2. The fraction of sp³-hybridized carbons (Fsp3) is 0.250. The van der Waals surface area contributed by atoms with Crippen molar-refractivity contribution in [2.75, 3.05) is 18.5 Å². The maximum Gasteiger partial charge on any atom is 0.262 e. The smallest absolute Gasteiger partial charge is 0.262 e. The molecule has 1 heterocycles. The summed E-state index contributed by atoms with van der Waals surface area (Å²) in [5.74, 6) is 1.11. The third-order valence-corrected chi connectivity index (χ3v) is 3.94. The number of nitrogens with zero attached hydrogens (tertiary/aromatic N) is 3. The van der Waals surface area contributed by atoms with Crippen molar-refractivity contribution in [1.82, 2.24) is 14.8 Å². The minimum atomic E-state index is -0.242. The highest BCUT2D eigenvalue weighted by molar-refractivity contribution is 5.91. The van der Waals surface area contributed by atoms with Gasteiger partial charge in [-0.05, 0) is 55.3 Å². The third kappa shape index (κ3) is 4.84. The second-order valence-electron chi connectivity index (χ2n) is 5.82. The van der Waals surface area contributed by atoms with Crippen molar-refractivity contribution in [3.63, 3.8) is 0 Å². The summed E-state index contributed by atoms with van der Waals surface area (Å²) in [5.41, 5.74) is 2.64. The average Bonchev–Trinajstić information content (AvgIpc) is 3.22. The van der Waals surface area contributed by atoms with E-state index >= 15 is 0 Å². The zero-order chi connectivity index (χ0) is 19.1. The van der Waals surface area contributed by atoms with Crippen LogP contribution in [-0.4, -0.2) is 33.9 Å². The van der Waals surface area contributed by atoms with Gasteiger partial charge in [-0.2, -0.15) is 0 Å². The zero-order valence-electron chi connectivity index (χ0n) is 15.4. The highest BCUT2D eigenvalue weighted by Gasteiger charge is 2.10. The molecule has 0 bridgehead atoms. The quantitative estimate of drug-likeness (QED) is 0.662. The van der Waals surface area contributed by atoms with Gasteiger partial charge in [0.15, 0.2) is 6.61 Å². The zero-order valence-corrected chi connectivity index (χ0v) is 15.4. The summed E-state index contributed by atoms with van der Waals surface area (Å²) in [6, 6.07) is 13.1. The van der Waals surface area contributed by atoms with Crippen molar-refractivity contribution in [2.24, 2.45) is 0 Å². The number of rotatable bonds is 8. The summed E-state index contributed by atoms with van der Waals surface area (Å²) in [4.78, 5) is 12.2. The molecule has 0 aliphatic rings. The van der Waals surface area contributed by atoms with Gasteiger partial charge in [-0.3, -0.25) is 9.36 Å². The Morgan fingerprint density at radius 3 is 2.44 bits per heavy atom. The molecule has 0 saturated heterocycles. The van der Waals surface area contributed by atoms with E-state index in [0.29, 0.717) is 18.0 Å². The Morgan fingerprint density at radius 1 is 1.04 bits per heavy atom. The number of nitrogens with one attached hydrogen (secondary N) is 1. The fourth-order valence-corrected chi connectivity index (χ4v) is 2.57. The SMILES string of the molecule is CCOc1ccc(NC(=O)COc2ccc(CC)cc2-n2cnnc2)cc1. The minimum Gasteiger partial charge on any atom is -0.494 e. The number of aryl methyl sites for hydroxylation is 1. The molecule has 0 unspecified atom stereocenters. The fourth-order valence-electron chi connectivity index (χ4n) is 2.57. The van der Waals surface area contributed by atoms with Crippen LogP contribution in [0.1, 0.15) is 19.4 Å². The molecule has 0 radical (unpaired) electrons. The van der Waals surface area contributed by atoms with Crippen molar-refractivity contribution < 1.29 is 14.3 Å². The Kier molecular flexibility index (Phi) is 6.04. The van der Waals surface area contributed by atoms with E-state index < -0.39 is 0 Å². The Balaban J connectivity index is 1.65. The highest BCUT2D eigenvalue weighted by Crippen LogP contribution is 2.24. The lowest BCUT2D eigenvalue weighted by Crippen LogP contribution is -2.20. The van der Waals surface area contributed by atoms with Crippen molar-refractivity contribution in [2.45, 2.75) is 20.3 Å². The Morgan fingerprint density at radius 2 is 1.78 bits per heavy atom.